The lowest BCUT2D eigenvalue weighted by Crippen LogP contribution is -2.30. The summed E-state index contributed by atoms with van der Waals surface area (Å²) in [4.78, 5) is 38.3. The van der Waals surface area contributed by atoms with Crippen molar-refractivity contribution in [2.24, 2.45) is 5.92 Å². The number of carbonyl (C=O) groups excluding carboxylic acids is 2. The van der Waals surface area contributed by atoms with Crippen molar-refractivity contribution in [1.82, 2.24) is 9.71 Å². The largest absolute Gasteiger partial charge is 0.477 e. The molecule has 0 bridgehead atoms. The highest BCUT2D eigenvalue weighted by Gasteiger charge is 2.20. The molecule has 2 amide bonds. The third kappa shape index (κ3) is 5.85. The molecule has 0 spiro atoms. The molecule has 0 fully saturated rings. The van der Waals surface area contributed by atoms with Gasteiger partial charge in [0.2, 0.25) is 5.91 Å². The Hall–Kier alpha value is -3.27. The van der Waals surface area contributed by atoms with Gasteiger partial charge in [-0.3, -0.25) is 9.59 Å². The average Bonchev–Trinajstić information content (AvgIpc) is 2.68. The van der Waals surface area contributed by atoms with Crippen molar-refractivity contribution in [3.63, 3.8) is 0 Å². The zero-order valence-electron chi connectivity index (χ0n) is 15.9. The summed E-state index contributed by atoms with van der Waals surface area (Å²) in [6.45, 7) is 3.79. The van der Waals surface area contributed by atoms with E-state index in [0.29, 0.717) is 5.69 Å². The Morgan fingerprint density at radius 2 is 1.76 bits per heavy atom. The van der Waals surface area contributed by atoms with E-state index in [1.165, 1.54) is 24.3 Å². The number of sulfonamides is 1. The van der Waals surface area contributed by atoms with Crippen LogP contribution >= 0.6 is 0 Å². The highest BCUT2D eigenvalue weighted by Crippen LogP contribution is 2.16. The number of amides is 2. The van der Waals surface area contributed by atoms with Crippen molar-refractivity contribution in [2.45, 2.75) is 31.6 Å². The molecule has 9 nitrogen and oxygen atoms in total. The molecule has 154 valence electrons. The lowest BCUT2D eigenvalue weighted by Gasteiger charge is -2.12. The fourth-order valence-corrected chi connectivity index (χ4v) is 3.42. The Morgan fingerprint density at radius 3 is 2.28 bits per heavy atom. The molecule has 10 heteroatoms. The van der Waals surface area contributed by atoms with Crippen LogP contribution in [0.3, 0.4) is 0 Å². The third-order valence-corrected chi connectivity index (χ3v) is 5.42. The number of nitrogens with one attached hydrogen (secondary N) is 2. The van der Waals surface area contributed by atoms with E-state index in [9.17, 15) is 22.8 Å². The van der Waals surface area contributed by atoms with Gasteiger partial charge >= 0.3 is 5.97 Å². The number of carboxylic acid groups (broad SMARTS) is 1. The van der Waals surface area contributed by atoms with E-state index in [1.54, 1.807) is 0 Å². The van der Waals surface area contributed by atoms with Crippen molar-refractivity contribution in [3.8, 4) is 0 Å². The monoisotopic (exact) mass is 419 g/mol. The van der Waals surface area contributed by atoms with Gasteiger partial charge in [-0.15, -0.1) is 0 Å². The van der Waals surface area contributed by atoms with Crippen LogP contribution in [0.15, 0.2) is 47.5 Å². The van der Waals surface area contributed by atoms with E-state index in [2.05, 4.69) is 10.3 Å². The van der Waals surface area contributed by atoms with Crippen molar-refractivity contribution in [1.29, 1.82) is 0 Å². The summed E-state index contributed by atoms with van der Waals surface area (Å²) in [6, 6.07) is 7.65. The van der Waals surface area contributed by atoms with Crippen LogP contribution in [0, 0.1) is 5.92 Å². The van der Waals surface area contributed by atoms with Gasteiger partial charge < -0.3 is 10.4 Å². The Balaban J connectivity index is 2.07. The first kappa shape index (κ1) is 22.0. The molecule has 1 atom stereocenters. The van der Waals surface area contributed by atoms with E-state index in [-0.39, 0.29) is 28.0 Å². The Kier molecular flexibility index (Phi) is 7.05. The number of anilines is 1. The molecule has 1 aromatic heterocycles. The van der Waals surface area contributed by atoms with Gasteiger partial charge in [0.05, 0.1) is 10.5 Å². The van der Waals surface area contributed by atoms with Crippen LogP contribution in [0.2, 0.25) is 0 Å². The van der Waals surface area contributed by atoms with Crippen LogP contribution < -0.4 is 10.0 Å². The minimum absolute atomic E-state index is 0.104. The minimum Gasteiger partial charge on any atom is -0.477 e. The molecule has 2 aromatic rings. The first-order chi connectivity index (χ1) is 13.6. The fraction of sp³-hybridized carbons (Fsp3) is 0.263. The highest BCUT2D eigenvalue weighted by molar-refractivity contribution is 7.90. The number of aromatic nitrogens is 1. The SMILES string of the molecule is CCCC(C)C(=O)Nc1ccc(S(=O)(=O)NC(=O)c2ccc(C(=O)O)nc2)cc1. The molecule has 1 unspecified atom stereocenters. The van der Waals surface area contributed by atoms with Crippen LogP contribution in [0.25, 0.3) is 0 Å². The first-order valence-corrected chi connectivity index (χ1v) is 10.3. The number of hydrogen-bond acceptors (Lipinski definition) is 6. The van der Waals surface area contributed by atoms with Gasteiger partial charge in [0, 0.05) is 17.8 Å². The van der Waals surface area contributed by atoms with E-state index >= 15 is 0 Å². The summed E-state index contributed by atoms with van der Waals surface area (Å²) < 4.78 is 26.7. The molecular formula is C19H21N3O6S. The molecule has 1 heterocycles. The maximum absolute atomic E-state index is 12.4. The van der Waals surface area contributed by atoms with Crippen LogP contribution in [-0.2, 0) is 14.8 Å². The number of carboxylic acids is 1. The molecule has 0 aliphatic rings. The van der Waals surface area contributed by atoms with Gasteiger partial charge in [-0.1, -0.05) is 20.3 Å². The Labute approximate surface area is 168 Å². The summed E-state index contributed by atoms with van der Waals surface area (Å²) in [5.74, 6) is -2.53. The molecule has 1 aromatic carbocycles. The Bertz CT molecular complexity index is 1000. The lowest BCUT2D eigenvalue weighted by molar-refractivity contribution is -0.119. The van der Waals surface area contributed by atoms with E-state index in [1.807, 2.05) is 18.6 Å². The smallest absolute Gasteiger partial charge is 0.354 e. The van der Waals surface area contributed by atoms with Crippen LogP contribution in [-0.4, -0.2) is 36.3 Å². The predicted molar refractivity (Wildman–Crippen MR) is 105 cm³/mol. The van der Waals surface area contributed by atoms with Crippen molar-refractivity contribution < 1.29 is 27.9 Å². The number of aromatic carboxylic acids is 1. The molecule has 0 saturated heterocycles. The number of rotatable bonds is 8. The summed E-state index contributed by atoms with van der Waals surface area (Å²) in [6.07, 6.45) is 2.59. The summed E-state index contributed by atoms with van der Waals surface area (Å²) >= 11 is 0. The average molecular weight is 419 g/mol. The van der Waals surface area contributed by atoms with Gasteiger partial charge in [0.15, 0.2) is 0 Å². The first-order valence-electron chi connectivity index (χ1n) is 8.81. The lowest BCUT2D eigenvalue weighted by atomic mass is 10.1. The third-order valence-electron chi connectivity index (χ3n) is 4.07. The zero-order valence-corrected chi connectivity index (χ0v) is 16.7. The standard InChI is InChI=1S/C19H21N3O6S/c1-3-4-12(2)17(23)21-14-6-8-15(9-7-14)29(27,28)22-18(24)13-5-10-16(19(25)26)20-11-13/h5-12H,3-4H2,1-2H3,(H,21,23)(H,22,24)(H,25,26). The molecule has 0 saturated carbocycles. The maximum Gasteiger partial charge on any atom is 0.354 e. The van der Waals surface area contributed by atoms with Gasteiger partial charge in [-0.25, -0.2) is 22.9 Å². The second-order valence-electron chi connectivity index (χ2n) is 6.38. The quantitative estimate of drug-likeness (QED) is 0.595. The molecule has 2 rings (SSSR count). The maximum atomic E-state index is 12.4. The van der Waals surface area contributed by atoms with Crippen molar-refractivity contribution >= 4 is 33.5 Å². The van der Waals surface area contributed by atoms with Gasteiger partial charge in [-0.05, 0) is 42.8 Å². The topological polar surface area (TPSA) is 143 Å². The predicted octanol–water partition coefficient (Wildman–Crippen LogP) is 2.27. The van der Waals surface area contributed by atoms with Crippen LogP contribution in [0.4, 0.5) is 5.69 Å². The summed E-state index contributed by atoms with van der Waals surface area (Å²) in [5.41, 5.74) is 0.0688. The normalized spacial score (nSPS) is 12.1. The second-order valence-corrected chi connectivity index (χ2v) is 8.06. The molecule has 0 aliphatic carbocycles. The summed E-state index contributed by atoms with van der Waals surface area (Å²) in [5, 5.41) is 11.5. The van der Waals surface area contributed by atoms with E-state index in [0.717, 1.165) is 31.2 Å². The Morgan fingerprint density at radius 1 is 1.10 bits per heavy atom. The number of benzene rings is 1. The van der Waals surface area contributed by atoms with Gasteiger partial charge in [0.25, 0.3) is 15.9 Å². The van der Waals surface area contributed by atoms with Crippen LogP contribution in [0.5, 0.6) is 0 Å². The minimum atomic E-state index is -4.16. The molecular weight excluding hydrogens is 398 g/mol. The van der Waals surface area contributed by atoms with Gasteiger partial charge in [-0.2, -0.15) is 0 Å². The van der Waals surface area contributed by atoms with Crippen LogP contribution in [0.1, 0.15) is 47.5 Å². The summed E-state index contributed by atoms with van der Waals surface area (Å²) in [7, 11) is -4.16. The molecule has 0 aliphatic heterocycles. The second kappa shape index (κ2) is 9.28. The van der Waals surface area contributed by atoms with Crippen molar-refractivity contribution in [3.05, 3.63) is 53.9 Å². The highest BCUT2D eigenvalue weighted by atomic mass is 32.2. The fourth-order valence-electron chi connectivity index (χ4n) is 2.44. The number of carbonyl (C=O) groups is 3. The molecule has 29 heavy (non-hydrogen) atoms. The zero-order chi connectivity index (χ0) is 21.6. The number of pyridine rings is 1. The number of hydrogen-bond donors (Lipinski definition) is 3. The van der Waals surface area contributed by atoms with E-state index < -0.39 is 21.9 Å². The van der Waals surface area contributed by atoms with Crippen molar-refractivity contribution in [2.75, 3.05) is 5.32 Å². The van der Waals surface area contributed by atoms with E-state index in [4.69, 9.17) is 5.11 Å². The molecule has 0 radical (unpaired) electrons. The van der Waals surface area contributed by atoms with Gasteiger partial charge in [0.1, 0.15) is 5.69 Å². The molecule has 3 N–H and O–H groups in total. The number of nitrogens with zero attached hydrogens (tertiary/aromatic N) is 1.